The van der Waals surface area contributed by atoms with E-state index in [4.69, 9.17) is 10.5 Å². The van der Waals surface area contributed by atoms with Crippen molar-refractivity contribution in [2.45, 2.75) is 25.3 Å². The molecule has 0 bridgehead atoms. The fraction of sp³-hybridized carbons (Fsp3) is 0.200. The molecule has 0 saturated carbocycles. The van der Waals surface area contributed by atoms with Gasteiger partial charge in [-0.3, -0.25) is 4.79 Å². The number of carboxylic acid groups (broad SMARTS) is 1. The minimum Gasteiger partial charge on any atom is -0.494 e. The number of methoxy groups -OCH3 is 1. The molecule has 0 aliphatic heterocycles. The molecule has 34 heavy (non-hydrogen) atoms. The number of ether oxygens (including phenoxy) is 1. The summed E-state index contributed by atoms with van der Waals surface area (Å²) in [5.74, 6) is -2.86. The number of carbonyl (C=O) groups is 1. The van der Waals surface area contributed by atoms with Crippen molar-refractivity contribution in [3.8, 4) is 21.9 Å². The molecular weight excluding hydrogens is 462 g/mol. The van der Waals surface area contributed by atoms with Gasteiger partial charge in [0.1, 0.15) is 22.7 Å². The van der Waals surface area contributed by atoms with Crippen LogP contribution in [0.4, 0.5) is 8.78 Å². The van der Waals surface area contributed by atoms with Gasteiger partial charge in [0.05, 0.1) is 18.2 Å². The number of rotatable bonds is 4. The van der Waals surface area contributed by atoms with Gasteiger partial charge in [0.15, 0.2) is 5.75 Å². The van der Waals surface area contributed by atoms with E-state index in [1.807, 2.05) is 6.07 Å². The zero-order chi connectivity index (χ0) is 24.1. The molecule has 1 aliphatic rings. The molecule has 174 valence electrons. The molecule has 1 unspecified atom stereocenters. The van der Waals surface area contributed by atoms with E-state index in [2.05, 4.69) is 0 Å². The Labute approximate surface area is 196 Å². The summed E-state index contributed by atoms with van der Waals surface area (Å²) in [4.78, 5) is 26.8. The van der Waals surface area contributed by atoms with Crippen LogP contribution in [-0.4, -0.2) is 22.8 Å². The van der Waals surface area contributed by atoms with Crippen molar-refractivity contribution in [2.24, 2.45) is 5.73 Å². The van der Waals surface area contributed by atoms with E-state index in [0.717, 1.165) is 42.0 Å². The van der Waals surface area contributed by atoms with E-state index in [0.29, 0.717) is 11.6 Å². The number of halogens is 2. The maximum absolute atomic E-state index is 14.8. The summed E-state index contributed by atoms with van der Waals surface area (Å²) in [6, 6.07) is 8.12. The number of pyridine rings is 1. The Hall–Kier alpha value is -3.56. The van der Waals surface area contributed by atoms with E-state index in [-0.39, 0.29) is 28.4 Å². The summed E-state index contributed by atoms with van der Waals surface area (Å²) in [5.41, 5.74) is 6.86. The molecule has 1 aliphatic carbocycles. The number of hydrogen-bond acceptors (Lipinski definition) is 5. The van der Waals surface area contributed by atoms with Crippen LogP contribution in [-0.2, 0) is 6.42 Å². The van der Waals surface area contributed by atoms with Gasteiger partial charge in [0.25, 0.3) is 0 Å². The molecule has 3 N–H and O–H groups in total. The lowest BCUT2D eigenvalue weighted by Crippen LogP contribution is -2.19. The number of carboxylic acids is 1. The third-order valence-corrected chi connectivity index (χ3v) is 7.39. The van der Waals surface area contributed by atoms with Crippen LogP contribution < -0.4 is 15.9 Å². The van der Waals surface area contributed by atoms with Crippen molar-refractivity contribution in [2.75, 3.05) is 7.11 Å². The van der Waals surface area contributed by atoms with Gasteiger partial charge in [0, 0.05) is 33.6 Å². The van der Waals surface area contributed by atoms with E-state index in [1.54, 1.807) is 17.4 Å². The molecule has 0 spiro atoms. The second-order valence-electron chi connectivity index (χ2n) is 8.17. The Morgan fingerprint density at radius 1 is 1.24 bits per heavy atom. The van der Waals surface area contributed by atoms with Crippen LogP contribution in [0, 0.1) is 11.6 Å². The van der Waals surface area contributed by atoms with E-state index >= 15 is 0 Å². The highest BCUT2D eigenvalue weighted by Gasteiger charge is 2.25. The summed E-state index contributed by atoms with van der Waals surface area (Å²) in [7, 11) is 1.43. The third-order valence-electron chi connectivity index (χ3n) is 6.15. The SMILES string of the molecule is COc1c(-c2cc3c(s2)CCCC3N)ccc2c(=O)c(C(=O)O)cn(-c3ccc(F)cc3F)c12. The van der Waals surface area contributed by atoms with E-state index < -0.39 is 28.6 Å². The van der Waals surface area contributed by atoms with Gasteiger partial charge in [0.2, 0.25) is 5.43 Å². The molecule has 2 aromatic heterocycles. The molecular formula is C25H20F2N2O4S. The van der Waals surface area contributed by atoms with Crippen LogP contribution in [0.25, 0.3) is 27.0 Å². The first-order valence-corrected chi connectivity index (χ1v) is 11.5. The fourth-order valence-electron chi connectivity index (χ4n) is 4.53. The van der Waals surface area contributed by atoms with Crippen molar-refractivity contribution in [3.63, 3.8) is 0 Å². The number of thiophene rings is 1. The summed E-state index contributed by atoms with van der Waals surface area (Å²) in [6.07, 6.45) is 3.88. The van der Waals surface area contributed by atoms with Crippen molar-refractivity contribution < 1.29 is 23.4 Å². The van der Waals surface area contributed by atoms with E-state index in [9.17, 15) is 23.5 Å². The lowest BCUT2D eigenvalue weighted by atomic mass is 9.94. The molecule has 2 heterocycles. The first-order chi connectivity index (χ1) is 16.3. The molecule has 0 amide bonds. The minimum atomic E-state index is -1.45. The highest BCUT2D eigenvalue weighted by atomic mass is 32.1. The van der Waals surface area contributed by atoms with Gasteiger partial charge in [-0.2, -0.15) is 0 Å². The molecule has 4 aromatic rings. The predicted molar refractivity (Wildman–Crippen MR) is 126 cm³/mol. The first-order valence-electron chi connectivity index (χ1n) is 10.6. The number of aromatic carboxylic acids is 1. The van der Waals surface area contributed by atoms with Crippen LogP contribution in [0.15, 0.2) is 47.4 Å². The first kappa shape index (κ1) is 22.2. The van der Waals surface area contributed by atoms with E-state index in [1.165, 1.54) is 28.7 Å². The average Bonchev–Trinajstić information content (AvgIpc) is 3.24. The van der Waals surface area contributed by atoms with Crippen LogP contribution in [0.1, 0.15) is 39.7 Å². The van der Waals surface area contributed by atoms with Gasteiger partial charge >= 0.3 is 5.97 Å². The second kappa shape index (κ2) is 8.34. The number of aromatic nitrogens is 1. The molecule has 0 fully saturated rings. The lowest BCUT2D eigenvalue weighted by molar-refractivity contribution is 0.0695. The quantitative estimate of drug-likeness (QED) is 0.425. The second-order valence-corrected chi connectivity index (χ2v) is 9.31. The number of nitrogens with two attached hydrogens (primary N) is 1. The van der Waals surface area contributed by atoms with Crippen LogP contribution in [0.5, 0.6) is 5.75 Å². The van der Waals surface area contributed by atoms with Gasteiger partial charge < -0.3 is 20.1 Å². The zero-order valence-electron chi connectivity index (χ0n) is 18.1. The van der Waals surface area contributed by atoms with Crippen LogP contribution in [0.2, 0.25) is 0 Å². The van der Waals surface area contributed by atoms with Gasteiger partial charge in [-0.25, -0.2) is 13.6 Å². The summed E-state index contributed by atoms with van der Waals surface area (Å²) >= 11 is 1.58. The Morgan fingerprint density at radius 3 is 2.71 bits per heavy atom. The molecule has 6 nitrogen and oxygen atoms in total. The number of benzene rings is 2. The molecule has 0 saturated heterocycles. The largest absolute Gasteiger partial charge is 0.494 e. The average molecular weight is 483 g/mol. The summed E-state index contributed by atoms with van der Waals surface area (Å²) in [6.45, 7) is 0. The molecule has 9 heteroatoms. The Morgan fingerprint density at radius 2 is 2.03 bits per heavy atom. The smallest absolute Gasteiger partial charge is 0.341 e. The number of fused-ring (bicyclic) bond motifs is 2. The molecule has 5 rings (SSSR count). The number of hydrogen-bond donors (Lipinski definition) is 2. The number of aryl methyl sites for hydroxylation is 1. The third kappa shape index (κ3) is 3.48. The fourth-order valence-corrected chi connectivity index (χ4v) is 5.83. The predicted octanol–water partition coefficient (Wildman–Crippen LogP) is 5.04. The van der Waals surface area contributed by atoms with Crippen molar-refractivity contribution in [1.29, 1.82) is 0 Å². The Kier molecular flexibility index (Phi) is 5.45. The van der Waals surface area contributed by atoms with Crippen LogP contribution in [0.3, 0.4) is 0 Å². The number of nitrogens with zero attached hydrogens (tertiary/aromatic N) is 1. The normalized spacial score (nSPS) is 15.4. The zero-order valence-corrected chi connectivity index (χ0v) is 18.9. The van der Waals surface area contributed by atoms with Gasteiger partial charge in [-0.05, 0) is 55.2 Å². The Bertz CT molecular complexity index is 1530. The Balaban J connectivity index is 1.86. The highest BCUT2D eigenvalue weighted by molar-refractivity contribution is 7.15. The van der Waals surface area contributed by atoms with Crippen molar-refractivity contribution >= 4 is 28.2 Å². The van der Waals surface area contributed by atoms with Crippen LogP contribution >= 0.6 is 11.3 Å². The van der Waals surface area contributed by atoms with Gasteiger partial charge in [-0.15, -0.1) is 11.3 Å². The topological polar surface area (TPSA) is 94.6 Å². The van der Waals surface area contributed by atoms with Crippen molar-refractivity contribution in [3.05, 3.63) is 80.5 Å². The van der Waals surface area contributed by atoms with Crippen molar-refractivity contribution in [1.82, 2.24) is 4.57 Å². The maximum Gasteiger partial charge on any atom is 0.341 e. The summed E-state index contributed by atoms with van der Waals surface area (Å²) < 4.78 is 35.4. The monoisotopic (exact) mass is 482 g/mol. The van der Waals surface area contributed by atoms with Gasteiger partial charge in [-0.1, -0.05) is 0 Å². The highest BCUT2D eigenvalue weighted by Crippen LogP contribution is 2.44. The molecule has 1 atom stereocenters. The molecule has 2 aromatic carbocycles. The maximum atomic E-state index is 14.8. The molecule has 0 radical (unpaired) electrons. The minimum absolute atomic E-state index is 0.0437. The standard InChI is InChI=1S/C25H20F2N2O4S/c1-33-24-13(21-10-15-18(28)3-2-4-20(15)34-21)6-7-14-22(24)29(11-16(23(14)30)25(31)32)19-8-5-12(26)9-17(19)27/h5-11,18H,2-4,28H2,1H3,(H,31,32). The summed E-state index contributed by atoms with van der Waals surface area (Å²) in [5, 5.41) is 9.62. The lowest BCUT2D eigenvalue weighted by Gasteiger charge is -2.18.